The van der Waals surface area contributed by atoms with Crippen molar-refractivity contribution < 1.29 is 9.18 Å². The van der Waals surface area contributed by atoms with E-state index in [0.717, 1.165) is 32.5 Å². The summed E-state index contributed by atoms with van der Waals surface area (Å²) in [6.45, 7) is 0.381. The maximum absolute atomic E-state index is 13.7. The van der Waals surface area contributed by atoms with E-state index in [1.54, 1.807) is 28.8 Å². The molecular formula is C29H22FN5OS2. The van der Waals surface area contributed by atoms with Crippen molar-refractivity contribution in [1.82, 2.24) is 14.8 Å². The largest absolute Gasteiger partial charge is 0.378 e. The highest BCUT2D eigenvalue weighted by molar-refractivity contribution is 8.00. The van der Waals surface area contributed by atoms with E-state index in [2.05, 4.69) is 15.5 Å². The van der Waals surface area contributed by atoms with Gasteiger partial charge in [0.1, 0.15) is 5.82 Å². The predicted octanol–water partition coefficient (Wildman–Crippen LogP) is 6.94. The summed E-state index contributed by atoms with van der Waals surface area (Å²) in [4.78, 5) is 17.6. The van der Waals surface area contributed by atoms with Gasteiger partial charge in [-0.3, -0.25) is 14.3 Å². The first-order chi connectivity index (χ1) is 18.7. The molecule has 0 saturated heterocycles. The number of thioether (sulfide) groups is 1. The van der Waals surface area contributed by atoms with Crippen molar-refractivity contribution in [3.63, 3.8) is 0 Å². The van der Waals surface area contributed by atoms with Crippen LogP contribution in [0.3, 0.4) is 0 Å². The van der Waals surface area contributed by atoms with Crippen LogP contribution in [-0.4, -0.2) is 26.4 Å². The second-order valence-corrected chi connectivity index (χ2v) is 10.5. The van der Waals surface area contributed by atoms with Crippen molar-refractivity contribution >= 4 is 46.5 Å². The second-order valence-electron chi connectivity index (χ2n) is 8.49. The number of anilines is 3. The fourth-order valence-corrected chi connectivity index (χ4v) is 6.14. The van der Waals surface area contributed by atoms with Crippen molar-refractivity contribution in [3.8, 4) is 5.69 Å². The summed E-state index contributed by atoms with van der Waals surface area (Å²) >= 11 is 3.02. The third-order valence-electron chi connectivity index (χ3n) is 6.02. The predicted molar refractivity (Wildman–Crippen MR) is 150 cm³/mol. The molecule has 2 heterocycles. The molecule has 0 saturated carbocycles. The lowest BCUT2D eigenvalue weighted by atomic mass is 10.2. The minimum absolute atomic E-state index is 0.0381. The normalized spacial score (nSPS) is 12.1. The molecule has 0 aliphatic carbocycles. The number of hydrogen-bond acceptors (Lipinski definition) is 6. The minimum atomic E-state index is -0.288. The lowest BCUT2D eigenvalue weighted by Gasteiger charge is -2.30. The topological polar surface area (TPSA) is 63.1 Å². The Morgan fingerprint density at radius 3 is 2.13 bits per heavy atom. The molecular weight excluding hydrogens is 517 g/mol. The highest BCUT2D eigenvalue weighted by atomic mass is 32.2. The average Bonchev–Trinajstić information content (AvgIpc) is 3.37. The van der Waals surface area contributed by atoms with Gasteiger partial charge >= 0.3 is 0 Å². The number of nitrogens with zero attached hydrogens (tertiary/aromatic N) is 4. The zero-order valence-electron chi connectivity index (χ0n) is 20.1. The van der Waals surface area contributed by atoms with Gasteiger partial charge in [0.2, 0.25) is 5.91 Å². The first-order valence-corrected chi connectivity index (χ1v) is 13.8. The van der Waals surface area contributed by atoms with Crippen LogP contribution in [0.4, 0.5) is 21.5 Å². The van der Waals surface area contributed by atoms with Gasteiger partial charge in [0.05, 0.1) is 23.7 Å². The number of carbonyl (C=O) groups excluding carboxylic acids is 1. The van der Waals surface area contributed by atoms with E-state index >= 15 is 0 Å². The number of benzene rings is 4. The first-order valence-electron chi connectivity index (χ1n) is 12.0. The summed E-state index contributed by atoms with van der Waals surface area (Å²) < 4.78 is 15.2. The Morgan fingerprint density at radius 2 is 1.45 bits per heavy atom. The number of hydrogen-bond donors (Lipinski definition) is 1. The number of rotatable bonds is 7. The molecule has 9 heteroatoms. The highest BCUT2D eigenvalue weighted by Crippen LogP contribution is 2.48. The number of amides is 1. The molecule has 0 atom stereocenters. The molecule has 0 unspecified atom stereocenters. The van der Waals surface area contributed by atoms with Crippen LogP contribution in [0.1, 0.15) is 5.82 Å². The number of aromatic nitrogens is 3. The van der Waals surface area contributed by atoms with Crippen LogP contribution in [0.25, 0.3) is 5.69 Å². The number of halogens is 1. The lowest BCUT2D eigenvalue weighted by molar-refractivity contribution is -0.115. The van der Waals surface area contributed by atoms with Crippen LogP contribution in [0.5, 0.6) is 0 Å². The van der Waals surface area contributed by atoms with Crippen LogP contribution in [0, 0.1) is 5.82 Å². The Morgan fingerprint density at radius 1 is 0.816 bits per heavy atom. The van der Waals surface area contributed by atoms with E-state index in [0.29, 0.717) is 17.5 Å². The number of carbonyl (C=O) groups is 1. The molecule has 5 aromatic rings. The summed E-state index contributed by atoms with van der Waals surface area (Å²) in [6.07, 6.45) is 0. The monoisotopic (exact) mass is 539 g/mol. The number of fused-ring (bicyclic) bond motifs is 2. The summed E-state index contributed by atoms with van der Waals surface area (Å²) in [5.74, 6) is 0.539. The molecule has 1 amide bonds. The summed E-state index contributed by atoms with van der Waals surface area (Å²) in [5.41, 5.74) is 3.44. The quantitative estimate of drug-likeness (QED) is 0.226. The Kier molecular flexibility index (Phi) is 6.85. The molecule has 0 spiro atoms. The fourth-order valence-electron chi connectivity index (χ4n) is 4.26. The van der Waals surface area contributed by atoms with Gasteiger partial charge in [-0.15, -0.1) is 10.2 Å². The molecule has 6 rings (SSSR count). The second kappa shape index (κ2) is 10.7. The van der Waals surface area contributed by atoms with Gasteiger partial charge in [0, 0.05) is 21.2 Å². The summed E-state index contributed by atoms with van der Waals surface area (Å²) in [7, 11) is 0. The molecule has 0 fully saturated rings. The van der Waals surface area contributed by atoms with Gasteiger partial charge in [-0.25, -0.2) is 4.39 Å². The fraction of sp³-hybridized carbons (Fsp3) is 0.0690. The van der Waals surface area contributed by atoms with Crippen LogP contribution in [0.2, 0.25) is 0 Å². The molecule has 0 radical (unpaired) electrons. The zero-order chi connectivity index (χ0) is 25.9. The Balaban J connectivity index is 1.26. The number of nitrogens with one attached hydrogen (secondary N) is 1. The van der Waals surface area contributed by atoms with Crippen LogP contribution < -0.4 is 10.2 Å². The van der Waals surface area contributed by atoms with Crippen LogP contribution in [0.15, 0.2) is 118 Å². The van der Waals surface area contributed by atoms with Gasteiger partial charge in [0.25, 0.3) is 0 Å². The average molecular weight is 540 g/mol. The minimum Gasteiger partial charge on any atom is -0.378 e. The van der Waals surface area contributed by atoms with Gasteiger partial charge in [0.15, 0.2) is 11.0 Å². The maximum Gasteiger partial charge on any atom is 0.242 e. The van der Waals surface area contributed by atoms with Gasteiger partial charge in [-0.2, -0.15) is 0 Å². The summed E-state index contributed by atoms with van der Waals surface area (Å²) in [6, 6.07) is 31.9. The maximum atomic E-state index is 13.7. The molecule has 6 nitrogen and oxygen atoms in total. The Hall–Kier alpha value is -4.08. The van der Waals surface area contributed by atoms with E-state index in [9.17, 15) is 9.18 Å². The van der Waals surface area contributed by atoms with E-state index in [-0.39, 0.29) is 17.5 Å². The van der Waals surface area contributed by atoms with E-state index in [1.165, 1.54) is 23.9 Å². The summed E-state index contributed by atoms with van der Waals surface area (Å²) in [5, 5.41) is 12.7. The molecule has 1 aliphatic heterocycles. The van der Waals surface area contributed by atoms with Crippen molar-refractivity contribution in [1.29, 1.82) is 0 Å². The first kappa shape index (κ1) is 24.3. The van der Waals surface area contributed by atoms with Crippen molar-refractivity contribution in [2.24, 2.45) is 0 Å². The van der Waals surface area contributed by atoms with E-state index in [4.69, 9.17) is 0 Å². The molecule has 1 aliphatic rings. The van der Waals surface area contributed by atoms with Crippen LogP contribution in [-0.2, 0) is 11.3 Å². The van der Waals surface area contributed by atoms with Crippen molar-refractivity contribution in [2.45, 2.75) is 21.5 Å². The van der Waals surface area contributed by atoms with Crippen molar-refractivity contribution in [2.75, 3.05) is 16.0 Å². The third-order valence-corrected chi connectivity index (χ3v) is 8.06. The molecule has 0 bridgehead atoms. The number of para-hydroxylation sites is 3. The molecule has 38 heavy (non-hydrogen) atoms. The van der Waals surface area contributed by atoms with Gasteiger partial charge in [-0.05, 0) is 60.7 Å². The molecule has 4 aromatic carbocycles. The molecule has 1 N–H and O–H groups in total. The van der Waals surface area contributed by atoms with Gasteiger partial charge < -0.3 is 5.32 Å². The Bertz CT molecular complexity index is 1550. The standard InChI is InChI=1S/C29H22FN5OS2/c30-20-14-16-21(17-15-20)31-18-27-32-33-29(34(27)22-8-2-1-3-9-22)37-19-28(36)35-23-10-4-6-12-25(23)38-26-13-7-5-11-24(26)35/h1-17,31H,18-19H2. The van der Waals surface area contributed by atoms with E-state index in [1.807, 2.05) is 83.4 Å². The SMILES string of the molecule is O=C(CSc1nnc(CNc2ccc(F)cc2)n1-c1ccccc1)N1c2ccccc2Sc2ccccc21. The third kappa shape index (κ3) is 4.90. The lowest BCUT2D eigenvalue weighted by Crippen LogP contribution is -2.30. The van der Waals surface area contributed by atoms with Gasteiger partial charge in [-0.1, -0.05) is 66.0 Å². The zero-order valence-corrected chi connectivity index (χ0v) is 21.8. The molecule has 188 valence electrons. The molecule has 1 aromatic heterocycles. The highest BCUT2D eigenvalue weighted by Gasteiger charge is 2.28. The van der Waals surface area contributed by atoms with Crippen LogP contribution >= 0.6 is 23.5 Å². The smallest absolute Gasteiger partial charge is 0.242 e. The van der Waals surface area contributed by atoms with Crippen molar-refractivity contribution in [3.05, 3.63) is 115 Å². The Labute approximate surface area is 227 Å². The van der Waals surface area contributed by atoms with E-state index < -0.39 is 0 Å².